The van der Waals surface area contributed by atoms with Crippen LogP contribution in [0.3, 0.4) is 0 Å². The van der Waals surface area contributed by atoms with Crippen molar-refractivity contribution in [1.29, 1.82) is 0 Å². The lowest BCUT2D eigenvalue weighted by Crippen LogP contribution is -2.34. The second-order valence-corrected chi connectivity index (χ2v) is 5.97. The predicted molar refractivity (Wildman–Crippen MR) is 78.9 cm³/mol. The minimum absolute atomic E-state index is 0.0564. The molecule has 1 aromatic carbocycles. The van der Waals surface area contributed by atoms with E-state index in [2.05, 4.69) is 26.1 Å². The fourth-order valence-electron chi connectivity index (χ4n) is 1.52. The summed E-state index contributed by atoms with van der Waals surface area (Å²) in [7, 11) is 0. The van der Waals surface area contributed by atoms with Crippen LogP contribution in [-0.4, -0.2) is 19.7 Å². The average molecular weight is 290 g/mol. The molecular formula is C14H21Cl2NO. The monoisotopic (exact) mass is 289 g/mol. The molecule has 102 valence electrons. The van der Waals surface area contributed by atoms with E-state index in [0.717, 1.165) is 19.5 Å². The summed E-state index contributed by atoms with van der Waals surface area (Å²) in [5.41, 5.74) is 0.0564. The predicted octanol–water partition coefficient (Wildman–Crippen LogP) is 4.40. The minimum atomic E-state index is 0.0564. The zero-order valence-corrected chi connectivity index (χ0v) is 12.7. The Labute approximate surface area is 120 Å². The molecule has 0 aromatic heterocycles. The van der Waals surface area contributed by atoms with E-state index in [9.17, 15) is 0 Å². The molecule has 0 aliphatic carbocycles. The van der Waals surface area contributed by atoms with Gasteiger partial charge in [0.1, 0.15) is 10.8 Å². The van der Waals surface area contributed by atoms with Crippen LogP contribution in [0, 0.1) is 5.41 Å². The zero-order valence-electron chi connectivity index (χ0n) is 11.2. The average Bonchev–Trinajstić information content (AvgIpc) is 2.31. The number of benzene rings is 1. The number of rotatable bonds is 7. The zero-order chi connectivity index (χ0) is 13.6. The lowest BCUT2D eigenvalue weighted by molar-refractivity contribution is 0.176. The highest BCUT2D eigenvalue weighted by Gasteiger charge is 2.19. The quantitative estimate of drug-likeness (QED) is 0.752. The fourth-order valence-corrected chi connectivity index (χ4v) is 1.87. The Kier molecular flexibility index (Phi) is 6.27. The summed E-state index contributed by atoms with van der Waals surface area (Å²) in [5, 5.41) is 4.41. The van der Waals surface area contributed by atoms with Crippen molar-refractivity contribution < 1.29 is 4.74 Å². The summed E-state index contributed by atoms with van der Waals surface area (Å²) in [5.74, 6) is 0.646. The largest absolute Gasteiger partial charge is 0.491 e. The van der Waals surface area contributed by atoms with Crippen molar-refractivity contribution in [2.45, 2.75) is 27.2 Å². The topological polar surface area (TPSA) is 21.3 Å². The molecule has 0 bridgehead atoms. The Morgan fingerprint density at radius 2 is 2.00 bits per heavy atom. The van der Waals surface area contributed by atoms with Crippen molar-refractivity contribution in [3.63, 3.8) is 0 Å². The molecule has 0 aliphatic rings. The molecule has 1 aromatic rings. The van der Waals surface area contributed by atoms with Crippen molar-refractivity contribution in [2.24, 2.45) is 5.41 Å². The molecule has 18 heavy (non-hydrogen) atoms. The SMILES string of the molecule is CCCNCC(C)(C)COc1cccc(Cl)c1Cl. The third-order valence-electron chi connectivity index (χ3n) is 2.56. The number of ether oxygens (including phenoxy) is 1. The summed E-state index contributed by atoms with van der Waals surface area (Å²) in [6.45, 7) is 9.02. The Balaban J connectivity index is 2.50. The summed E-state index contributed by atoms with van der Waals surface area (Å²) in [6, 6.07) is 5.43. The van der Waals surface area contributed by atoms with Gasteiger partial charge in [0.15, 0.2) is 0 Å². The normalized spacial score (nSPS) is 11.6. The van der Waals surface area contributed by atoms with E-state index in [4.69, 9.17) is 27.9 Å². The molecular weight excluding hydrogens is 269 g/mol. The Morgan fingerprint density at radius 3 is 2.67 bits per heavy atom. The smallest absolute Gasteiger partial charge is 0.139 e. The third kappa shape index (κ3) is 5.05. The molecule has 0 spiro atoms. The molecule has 1 rings (SSSR count). The molecule has 4 heteroatoms. The van der Waals surface area contributed by atoms with E-state index >= 15 is 0 Å². The number of halogens is 2. The van der Waals surface area contributed by atoms with Crippen molar-refractivity contribution >= 4 is 23.2 Å². The highest BCUT2D eigenvalue weighted by Crippen LogP contribution is 2.32. The molecule has 0 radical (unpaired) electrons. The maximum Gasteiger partial charge on any atom is 0.139 e. The van der Waals surface area contributed by atoms with Gasteiger partial charge in [0.2, 0.25) is 0 Å². The molecule has 0 amide bonds. The first-order valence-corrected chi connectivity index (χ1v) is 6.99. The van der Waals surface area contributed by atoms with E-state index < -0.39 is 0 Å². The maximum absolute atomic E-state index is 6.08. The maximum atomic E-state index is 6.08. The highest BCUT2D eigenvalue weighted by atomic mass is 35.5. The Morgan fingerprint density at radius 1 is 1.28 bits per heavy atom. The van der Waals surface area contributed by atoms with Crippen molar-refractivity contribution in [2.75, 3.05) is 19.7 Å². The van der Waals surface area contributed by atoms with Crippen LogP contribution in [-0.2, 0) is 0 Å². The Bertz CT molecular complexity index is 380. The van der Waals surface area contributed by atoms with Gasteiger partial charge in [-0.05, 0) is 25.1 Å². The van der Waals surface area contributed by atoms with Crippen molar-refractivity contribution in [3.8, 4) is 5.75 Å². The van der Waals surface area contributed by atoms with E-state index in [1.165, 1.54) is 0 Å². The first kappa shape index (κ1) is 15.6. The number of hydrogen-bond donors (Lipinski definition) is 1. The standard InChI is InChI=1S/C14H21Cl2NO/c1-4-8-17-9-14(2,3)10-18-12-7-5-6-11(15)13(12)16/h5-7,17H,4,8-10H2,1-3H3. The van der Waals surface area contributed by atoms with Gasteiger partial charge in [-0.1, -0.05) is 50.0 Å². The van der Waals surface area contributed by atoms with E-state index in [1.54, 1.807) is 6.07 Å². The highest BCUT2D eigenvalue weighted by molar-refractivity contribution is 6.42. The molecule has 0 unspecified atom stereocenters. The van der Waals surface area contributed by atoms with Crippen LogP contribution in [0.1, 0.15) is 27.2 Å². The molecule has 0 saturated heterocycles. The summed E-state index contributed by atoms with van der Waals surface area (Å²) >= 11 is 12.0. The van der Waals surface area contributed by atoms with Gasteiger partial charge in [-0.2, -0.15) is 0 Å². The van der Waals surface area contributed by atoms with Gasteiger partial charge in [-0.15, -0.1) is 0 Å². The van der Waals surface area contributed by atoms with Crippen molar-refractivity contribution in [3.05, 3.63) is 28.2 Å². The van der Waals surface area contributed by atoms with Crippen LogP contribution in [0.5, 0.6) is 5.75 Å². The molecule has 0 aliphatic heterocycles. The molecule has 1 N–H and O–H groups in total. The van der Waals surface area contributed by atoms with Gasteiger partial charge in [-0.3, -0.25) is 0 Å². The van der Waals surface area contributed by atoms with Gasteiger partial charge in [-0.25, -0.2) is 0 Å². The second-order valence-electron chi connectivity index (χ2n) is 5.18. The van der Waals surface area contributed by atoms with Gasteiger partial charge < -0.3 is 10.1 Å². The molecule has 0 fully saturated rings. The minimum Gasteiger partial charge on any atom is -0.491 e. The van der Waals surface area contributed by atoms with E-state index in [1.807, 2.05) is 12.1 Å². The number of nitrogens with one attached hydrogen (secondary N) is 1. The first-order chi connectivity index (χ1) is 8.46. The lowest BCUT2D eigenvalue weighted by Gasteiger charge is -2.25. The fraction of sp³-hybridized carbons (Fsp3) is 0.571. The summed E-state index contributed by atoms with van der Waals surface area (Å²) in [4.78, 5) is 0. The summed E-state index contributed by atoms with van der Waals surface area (Å²) < 4.78 is 5.76. The van der Waals surface area contributed by atoms with Gasteiger partial charge in [0.25, 0.3) is 0 Å². The van der Waals surface area contributed by atoms with Gasteiger partial charge in [0, 0.05) is 12.0 Å². The number of hydrogen-bond acceptors (Lipinski definition) is 2. The van der Waals surface area contributed by atoms with Crippen LogP contribution >= 0.6 is 23.2 Å². The van der Waals surface area contributed by atoms with Crippen LogP contribution < -0.4 is 10.1 Å². The molecule has 2 nitrogen and oxygen atoms in total. The third-order valence-corrected chi connectivity index (χ3v) is 3.37. The van der Waals surface area contributed by atoms with E-state index in [-0.39, 0.29) is 5.41 Å². The van der Waals surface area contributed by atoms with Crippen LogP contribution in [0.15, 0.2) is 18.2 Å². The van der Waals surface area contributed by atoms with E-state index in [0.29, 0.717) is 22.4 Å². The van der Waals surface area contributed by atoms with Crippen LogP contribution in [0.2, 0.25) is 10.0 Å². The van der Waals surface area contributed by atoms with Gasteiger partial charge >= 0.3 is 0 Å². The molecule has 0 saturated carbocycles. The van der Waals surface area contributed by atoms with Crippen LogP contribution in [0.4, 0.5) is 0 Å². The van der Waals surface area contributed by atoms with Crippen molar-refractivity contribution in [1.82, 2.24) is 5.32 Å². The molecule has 0 heterocycles. The first-order valence-electron chi connectivity index (χ1n) is 6.24. The van der Waals surface area contributed by atoms with Gasteiger partial charge in [0.05, 0.1) is 11.6 Å². The summed E-state index contributed by atoms with van der Waals surface area (Å²) in [6.07, 6.45) is 1.14. The molecule has 0 atom stereocenters. The Hall–Kier alpha value is -0.440. The lowest BCUT2D eigenvalue weighted by atomic mass is 9.95. The second kappa shape index (κ2) is 7.22. The van der Waals surface area contributed by atoms with Crippen LogP contribution in [0.25, 0.3) is 0 Å².